The average molecular weight is 199 g/mol. The highest BCUT2D eigenvalue weighted by Gasteiger charge is 2.27. The van der Waals surface area contributed by atoms with Crippen LogP contribution in [0.2, 0.25) is 0 Å². The Morgan fingerprint density at radius 3 is 2.50 bits per heavy atom. The topological polar surface area (TPSA) is 52.3 Å². The van der Waals surface area contributed by atoms with E-state index in [1.165, 1.54) is 0 Å². The van der Waals surface area contributed by atoms with Crippen molar-refractivity contribution in [3.63, 3.8) is 0 Å². The molecular weight excluding hydrogens is 178 g/mol. The normalized spacial score (nSPS) is 29.9. The molecule has 0 radical (unpaired) electrons. The first-order valence-corrected chi connectivity index (χ1v) is 5.43. The zero-order valence-electron chi connectivity index (χ0n) is 9.16. The predicted octanol–water partition coefficient (Wildman–Crippen LogP) is 1.36. The summed E-state index contributed by atoms with van der Waals surface area (Å²) in [6.45, 7) is 2.60. The van der Waals surface area contributed by atoms with E-state index < -0.39 is 6.04 Å². The van der Waals surface area contributed by atoms with E-state index in [2.05, 4.69) is 6.92 Å². The summed E-state index contributed by atoms with van der Waals surface area (Å²) in [5, 5.41) is 0. The highest BCUT2D eigenvalue weighted by atomic mass is 16.5. The van der Waals surface area contributed by atoms with Crippen molar-refractivity contribution in [2.24, 2.45) is 17.6 Å². The molecule has 1 rings (SSSR count). The Labute approximate surface area is 86.0 Å². The smallest absolute Gasteiger partial charge is 0.154 e. The van der Waals surface area contributed by atoms with Crippen molar-refractivity contribution in [3.8, 4) is 0 Å². The summed E-state index contributed by atoms with van der Waals surface area (Å²) >= 11 is 0. The maximum atomic E-state index is 11.8. The molecule has 0 aromatic carbocycles. The molecular formula is C11H21NO2. The molecule has 0 saturated heterocycles. The van der Waals surface area contributed by atoms with Gasteiger partial charge in [-0.2, -0.15) is 0 Å². The van der Waals surface area contributed by atoms with Gasteiger partial charge in [0.15, 0.2) is 5.78 Å². The summed E-state index contributed by atoms with van der Waals surface area (Å²) in [5.41, 5.74) is 5.72. The van der Waals surface area contributed by atoms with Crippen molar-refractivity contribution in [2.45, 2.75) is 38.6 Å². The van der Waals surface area contributed by atoms with Gasteiger partial charge >= 0.3 is 0 Å². The van der Waals surface area contributed by atoms with Crippen LogP contribution in [-0.4, -0.2) is 25.5 Å². The maximum absolute atomic E-state index is 11.8. The number of ether oxygens (including phenoxy) is 1. The lowest BCUT2D eigenvalue weighted by molar-refractivity contribution is -0.126. The zero-order chi connectivity index (χ0) is 10.6. The van der Waals surface area contributed by atoms with E-state index in [1.807, 2.05) is 0 Å². The van der Waals surface area contributed by atoms with Crippen molar-refractivity contribution in [1.29, 1.82) is 0 Å². The first kappa shape index (κ1) is 11.7. The van der Waals surface area contributed by atoms with Crippen LogP contribution in [0, 0.1) is 11.8 Å². The number of hydrogen-bond donors (Lipinski definition) is 1. The standard InChI is InChI=1S/C11H21NO2/c1-8-3-5-9(6-4-8)11(13)10(12)7-14-2/h8-10H,3-7,12H2,1-2H3. The maximum Gasteiger partial charge on any atom is 0.154 e. The number of nitrogens with two attached hydrogens (primary N) is 1. The quantitative estimate of drug-likeness (QED) is 0.743. The minimum absolute atomic E-state index is 0.191. The van der Waals surface area contributed by atoms with Crippen LogP contribution in [0.1, 0.15) is 32.6 Å². The number of rotatable bonds is 4. The fourth-order valence-corrected chi connectivity index (χ4v) is 2.11. The van der Waals surface area contributed by atoms with Crippen LogP contribution in [-0.2, 0) is 9.53 Å². The summed E-state index contributed by atoms with van der Waals surface area (Å²) in [4.78, 5) is 11.8. The lowest BCUT2D eigenvalue weighted by Gasteiger charge is -2.26. The first-order valence-electron chi connectivity index (χ1n) is 5.43. The molecule has 1 atom stereocenters. The molecule has 0 bridgehead atoms. The van der Waals surface area contributed by atoms with Gasteiger partial charge in [-0.3, -0.25) is 4.79 Å². The molecule has 1 saturated carbocycles. The second-order valence-corrected chi connectivity index (χ2v) is 4.42. The van der Waals surface area contributed by atoms with Crippen LogP contribution < -0.4 is 5.73 Å². The largest absolute Gasteiger partial charge is 0.383 e. The van der Waals surface area contributed by atoms with Crippen LogP contribution in [0.4, 0.5) is 0 Å². The molecule has 0 heterocycles. The number of hydrogen-bond acceptors (Lipinski definition) is 3. The lowest BCUT2D eigenvalue weighted by Crippen LogP contribution is -2.40. The van der Waals surface area contributed by atoms with Crippen LogP contribution in [0.3, 0.4) is 0 Å². The van der Waals surface area contributed by atoms with E-state index in [4.69, 9.17) is 10.5 Å². The minimum atomic E-state index is -0.418. The van der Waals surface area contributed by atoms with Crippen LogP contribution >= 0.6 is 0 Å². The Morgan fingerprint density at radius 2 is 2.00 bits per heavy atom. The second-order valence-electron chi connectivity index (χ2n) is 4.42. The second kappa shape index (κ2) is 5.47. The highest BCUT2D eigenvalue weighted by molar-refractivity contribution is 5.86. The van der Waals surface area contributed by atoms with Crippen LogP contribution in [0.25, 0.3) is 0 Å². The highest BCUT2D eigenvalue weighted by Crippen LogP contribution is 2.29. The number of carbonyl (C=O) groups is 1. The summed E-state index contributed by atoms with van der Waals surface area (Å²) < 4.78 is 4.89. The molecule has 1 fully saturated rings. The zero-order valence-corrected chi connectivity index (χ0v) is 9.16. The molecule has 3 heteroatoms. The molecule has 1 aliphatic carbocycles. The summed E-state index contributed by atoms with van der Waals surface area (Å²) in [5.74, 6) is 1.16. The van der Waals surface area contributed by atoms with Gasteiger partial charge in [-0.15, -0.1) is 0 Å². The van der Waals surface area contributed by atoms with Gasteiger partial charge in [-0.05, 0) is 18.8 Å². The molecule has 0 aromatic heterocycles. The summed E-state index contributed by atoms with van der Waals surface area (Å²) in [6.07, 6.45) is 4.35. The van der Waals surface area contributed by atoms with Gasteiger partial charge in [0.05, 0.1) is 12.6 Å². The molecule has 0 spiro atoms. The Kier molecular flexibility index (Phi) is 4.55. The third kappa shape index (κ3) is 3.07. The van der Waals surface area contributed by atoms with E-state index in [0.717, 1.165) is 31.6 Å². The fourth-order valence-electron chi connectivity index (χ4n) is 2.11. The van der Waals surface area contributed by atoms with Gasteiger partial charge in [-0.1, -0.05) is 19.8 Å². The van der Waals surface area contributed by atoms with Gasteiger partial charge < -0.3 is 10.5 Å². The molecule has 82 valence electrons. The third-order valence-corrected chi connectivity index (χ3v) is 3.13. The summed E-state index contributed by atoms with van der Waals surface area (Å²) in [6, 6.07) is -0.418. The summed E-state index contributed by atoms with van der Waals surface area (Å²) in [7, 11) is 1.58. The van der Waals surface area contributed by atoms with E-state index in [-0.39, 0.29) is 11.7 Å². The molecule has 0 aliphatic heterocycles. The van der Waals surface area contributed by atoms with Gasteiger partial charge in [0.2, 0.25) is 0 Å². The van der Waals surface area contributed by atoms with Crippen LogP contribution in [0.5, 0.6) is 0 Å². The predicted molar refractivity (Wildman–Crippen MR) is 56.0 cm³/mol. The van der Waals surface area contributed by atoms with E-state index >= 15 is 0 Å². The number of carbonyl (C=O) groups excluding carboxylic acids is 1. The molecule has 1 aliphatic rings. The molecule has 0 aromatic rings. The van der Waals surface area contributed by atoms with Crippen molar-refractivity contribution >= 4 is 5.78 Å². The Bertz CT molecular complexity index is 186. The van der Waals surface area contributed by atoms with Crippen LogP contribution in [0.15, 0.2) is 0 Å². The van der Waals surface area contributed by atoms with Gasteiger partial charge in [0.1, 0.15) is 0 Å². The molecule has 3 nitrogen and oxygen atoms in total. The number of methoxy groups -OCH3 is 1. The Balaban J connectivity index is 2.37. The SMILES string of the molecule is COCC(N)C(=O)C1CCC(C)CC1. The first-order chi connectivity index (χ1) is 6.65. The minimum Gasteiger partial charge on any atom is -0.383 e. The van der Waals surface area contributed by atoms with Gasteiger partial charge in [0, 0.05) is 13.0 Å². The van der Waals surface area contributed by atoms with E-state index in [1.54, 1.807) is 7.11 Å². The fraction of sp³-hybridized carbons (Fsp3) is 0.909. The monoisotopic (exact) mass is 199 g/mol. The van der Waals surface area contributed by atoms with Crippen molar-refractivity contribution < 1.29 is 9.53 Å². The lowest BCUT2D eigenvalue weighted by atomic mass is 9.79. The Morgan fingerprint density at radius 1 is 1.43 bits per heavy atom. The van der Waals surface area contributed by atoms with Crippen molar-refractivity contribution in [1.82, 2.24) is 0 Å². The molecule has 1 unspecified atom stereocenters. The average Bonchev–Trinajstić information content (AvgIpc) is 2.18. The van der Waals surface area contributed by atoms with Crippen molar-refractivity contribution in [3.05, 3.63) is 0 Å². The molecule has 0 amide bonds. The number of Topliss-reactive ketones (excluding diaryl/α,β-unsaturated/α-hetero) is 1. The third-order valence-electron chi connectivity index (χ3n) is 3.13. The molecule has 2 N–H and O–H groups in total. The van der Waals surface area contributed by atoms with Crippen molar-refractivity contribution in [2.75, 3.05) is 13.7 Å². The van der Waals surface area contributed by atoms with Gasteiger partial charge in [-0.25, -0.2) is 0 Å². The number of ketones is 1. The molecule has 14 heavy (non-hydrogen) atoms. The van der Waals surface area contributed by atoms with Gasteiger partial charge in [0.25, 0.3) is 0 Å². The van der Waals surface area contributed by atoms with E-state index in [9.17, 15) is 4.79 Å². The van der Waals surface area contributed by atoms with E-state index in [0.29, 0.717) is 6.61 Å². The Hall–Kier alpha value is -0.410.